The van der Waals surface area contributed by atoms with Crippen molar-refractivity contribution in [3.63, 3.8) is 0 Å². The van der Waals surface area contributed by atoms with Gasteiger partial charge in [0.15, 0.2) is 0 Å². The molecule has 1 aliphatic heterocycles. The number of carboxylic acids is 1. The lowest BCUT2D eigenvalue weighted by Crippen LogP contribution is -2.28. The summed E-state index contributed by atoms with van der Waals surface area (Å²) in [6.45, 7) is 1.32. The smallest absolute Gasteiger partial charge is 0.328 e. The van der Waals surface area contributed by atoms with Crippen LogP contribution in [0.25, 0.3) is 6.08 Å². The molecule has 1 aliphatic rings. The van der Waals surface area contributed by atoms with E-state index < -0.39 is 5.97 Å². The van der Waals surface area contributed by atoms with E-state index in [4.69, 9.17) is 26.2 Å². The van der Waals surface area contributed by atoms with Gasteiger partial charge in [-0.15, -0.1) is 0 Å². The molecule has 0 saturated carbocycles. The summed E-state index contributed by atoms with van der Waals surface area (Å²) >= 11 is 6.08. The summed E-state index contributed by atoms with van der Waals surface area (Å²) in [5.41, 5.74) is 0.581. The molecule has 0 spiro atoms. The lowest BCUT2D eigenvalue weighted by Gasteiger charge is -2.24. The fourth-order valence-electron chi connectivity index (χ4n) is 1.92. The van der Waals surface area contributed by atoms with E-state index in [2.05, 4.69) is 0 Å². The normalized spacial score (nSPS) is 19.5. The van der Waals surface area contributed by atoms with Crippen molar-refractivity contribution in [2.45, 2.75) is 18.9 Å². The van der Waals surface area contributed by atoms with Crippen molar-refractivity contribution in [3.8, 4) is 5.75 Å². The van der Waals surface area contributed by atoms with Gasteiger partial charge in [0.1, 0.15) is 11.9 Å². The van der Waals surface area contributed by atoms with Gasteiger partial charge in [-0.3, -0.25) is 0 Å². The topological polar surface area (TPSA) is 55.8 Å². The minimum atomic E-state index is -1.02. The summed E-state index contributed by atoms with van der Waals surface area (Å²) in [6, 6.07) is 5.26. The Hall–Kier alpha value is -1.52. The minimum Gasteiger partial charge on any atom is -0.487 e. The van der Waals surface area contributed by atoms with Crippen molar-refractivity contribution < 1.29 is 19.4 Å². The monoisotopic (exact) mass is 282 g/mol. The molecule has 1 heterocycles. The maximum Gasteiger partial charge on any atom is 0.328 e. The molecule has 1 atom stereocenters. The van der Waals surface area contributed by atoms with Crippen molar-refractivity contribution in [1.82, 2.24) is 0 Å². The maximum absolute atomic E-state index is 10.6. The second kappa shape index (κ2) is 6.59. The number of carboxylic acid groups (broad SMARTS) is 1. The maximum atomic E-state index is 10.6. The van der Waals surface area contributed by atoms with Crippen LogP contribution in [0, 0.1) is 0 Å². The van der Waals surface area contributed by atoms with E-state index in [1.807, 2.05) is 0 Å². The first-order valence-corrected chi connectivity index (χ1v) is 6.48. The van der Waals surface area contributed by atoms with Crippen molar-refractivity contribution in [2.75, 3.05) is 13.2 Å². The summed E-state index contributed by atoms with van der Waals surface area (Å²) in [4.78, 5) is 10.6. The molecule has 19 heavy (non-hydrogen) atoms. The predicted molar refractivity (Wildman–Crippen MR) is 72.6 cm³/mol. The molecule has 2 rings (SSSR count). The molecule has 1 aromatic rings. The van der Waals surface area contributed by atoms with Crippen LogP contribution in [-0.2, 0) is 9.53 Å². The van der Waals surface area contributed by atoms with Crippen LogP contribution in [0.15, 0.2) is 24.3 Å². The van der Waals surface area contributed by atoms with Gasteiger partial charge in [0, 0.05) is 18.2 Å². The van der Waals surface area contributed by atoms with E-state index in [1.54, 1.807) is 18.2 Å². The molecule has 0 bridgehead atoms. The SMILES string of the molecule is O=C(O)/C=C/c1c(Cl)cccc1OC1CCCOC1. The molecule has 0 radical (unpaired) electrons. The molecule has 102 valence electrons. The summed E-state index contributed by atoms with van der Waals surface area (Å²) < 4.78 is 11.2. The Morgan fingerprint density at radius 1 is 1.53 bits per heavy atom. The van der Waals surface area contributed by atoms with Crippen LogP contribution in [0.2, 0.25) is 5.02 Å². The Morgan fingerprint density at radius 2 is 2.37 bits per heavy atom. The van der Waals surface area contributed by atoms with Gasteiger partial charge >= 0.3 is 5.97 Å². The van der Waals surface area contributed by atoms with E-state index in [-0.39, 0.29) is 6.10 Å². The second-order valence-corrected chi connectivity index (χ2v) is 4.69. The van der Waals surface area contributed by atoms with E-state index in [1.165, 1.54) is 6.08 Å². The Kier molecular flexibility index (Phi) is 4.82. The summed E-state index contributed by atoms with van der Waals surface area (Å²) in [5.74, 6) is -0.438. The first-order chi connectivity index (χ1) is 9.16. The Bertz CT molecular complexity index is 478. The molecule has 1 unspecified atom stereocenters. The fraction of sp³-hybridized carbons (Fsp3) is 0.357. The third-order valence-corrected chi connectivity index (χ3v) is 3.15. The number of halogens is 1. The molecule has 0 amide bonds. The Balaban J connectivity index is 2.18. The van der Waals surface area contributed by atoms with Gasteiger partial charge in [-0.25, -0.2) is 4.79 Å². The van der Waals surface area contributed by atoms with Crippen LogP contribution in [0.3, 0.4) is 0 Å². The average Bonchev–Trinajstić information content (AvgIpc) is 2.39. The lowest BCUT2D eigenvalue weighted by molar-refractivity contribution is -0.131. The van der Waals surface area contributed by atoms with Gasteiger partial charge in [-0.1, -0.05) is 17.7 Å². The number of rotatable bonds is 4. The van der Waals surface area contributed by atoms with Crippen LogP contribution >= 0.6 is 11.6 Å². The minimum absolute atomic E-state index is 0.0100. The van der Waals surface area contributed by atoms with Gasteiger partial charge in [0.05, 0.1) is 11.6 Å². The lowest BCUT2D eigenvalue weighted by atomic mass is 10.1. The van der Waals surface area contributed by atoms with Crippen LogP contribution < -0.4 is 4.74 Å². The molecular weight excluding hydrogens is 268 g/mol. The van der Waals surface area contributed by atoms with Crippen LogP contribution in [-0.4, -0.2) is 30.4 Å². The van der Waals surface area contributed by atoms with E-state index in [0.717, 1.165) is 25.5 Å². The van der Waals surface area contributed by atoms with Crippen molar-refractivity contribution >= 4 is 23.6 Å². The quantitative estimate of drug-likeness (QED) is 0.863. The van der Waals surface area contributed by atoms with Crippen LogP contribution in [0.5, 0.6) is 5.75 Å². The summed E-state index contributed by atoms with van der Waals surface area (Å²) in [5, 5.41) is 9.15. The first kappa shape index (κ1) is 13.9. The van der Waals surface area contributed by atoms with Gasteiger partial charge in [-0.05, 0) is 31.1 Å². The van der Waals surface area contributed by atoms with Crippen molar-refractivity contribution in [2.24, 2.45) is 0 Å². The molecule has 5 heteroatoms. The average molecular weight is 283 g/mol. The molecule has 4 nitrogen and oxygen atoms in total. The highest BCUT2D eigenvalue weighted by Crippen LogP contribution is 2.29. The fourth-order valence-corrected chi connectivity index (χ4v) is 2.15. The predicted octanol–water partition coefficient (Wildman–Crippen LogP) is 3.00. The molecule has 1 aromatic carbocycles. The van der Waals surface area contributed by atoms with Gasteiger partial charge in [-0.2, -0.15) is 0 Å². The highest BCUT2D eigenvalue weighted by molar-refractivity contribution is 6.32. The number of hydrogen-bond acceptors (Lipinski definition) is 3. The largest absolute Gasteiger partial charge is 0.487 e. The van der Waals surface area contributed by atoms with Gasteiger partial charge in [0.2, 0.25) is 0 Å². The molecule has 0 aliphatic carbocycles. The number of ether oxygens (including phenoxy) is 2. The highest BCUT2D eigenvalue weighted by atomic mass is 35.5. The zero-order chi connectivity index (χ0) is 13.7. The van der Waals surface area contributed by atoms with Crippen molar-refractivity contribution in [1.29, 1.82) is 0 Å². The highest BCUT2D eigenvalue weighted by Gasteiger charge is 2.17. The Morgan fingerprint density at radius 3 is 3.05 bits per heavy atom. The standard InChI is InChI=1S/C14H15ClO4/c15-12-4-1-5-13(11(12)6-7-14(16)17)19-10-3-2-8-18-9-10/h1,4-7,10H,2-3,8-9H2,(H,16,17)/b7-6+. The third-order valence-electron chi connectivity index (χ3n) is 2.82. The molecular formula is C14H15ClO4. The van der Waals surface area contributed by atoms with E-state index in [9.17, 15) is 4.79 Å². The van der Waals surface area contributed by atoms with Gasteiger partial charge in [0.25, 0.3) is 0 Å². The molecule has 1 N–H and O–H groups in total. The number of carbonyl (C=O) groups is 1. The molecule has 1 saturated heterocycles. The van der Waals surface area contributed by atoms with E-state index >= 15 is 0 Å². The number of hydrogen-bond donors (Lipinski definition) is 1. The molecule has 1 fully saturated rings. The van der Waals surface area contributed by atoms with Crippen LogP contribution in [0.1, 0.15) is 18.4 Å². The zero-order valence-corrected chi connectivity index (χ0v) is 11.1. The molecule has 0 aromatic heterocycles. The number of benzene rings is 1. The number of aliphatic carboxylic acids is 1. The second-order valence-electron chi connectivity index (χ2n) is 4.28. The summed E-state index contributed by atoms with van der Waals surface area (Å²) in [6.07, 6.45) is 4.37. The van der Waals surface area contributed by atoms with E-state index in [0.29, 0.717) is 22.9 Å². The van der Waals surface area contributed by atoms with Crippen LogP contribution in [0.4, 0.5) is 0 Å². The Labute approximate surface area is 116 Å². The zero-order valence-electron chi connectivity index (χ0n) is 10.3. The van der Waals surface area contributed by atoms with Crippen molar-refractivity contribution in [3.05, 3.63) is 34.9 Å². The first-order valence-electron chi connectivity index (χ1n) is 6.11. The summed E-state index contributed by atoms with van der Waals surface area (Å²) in [7, 11) is 0. The van der Waals surface area contributed by atoms with Gasteiger partial charge < -0.3 is 14.6 Å². The third kappa shape index (κ3) is 3.98.